The molecule has 0 aromatic heterocycles. The Morgan fingerprint density at radius 1 is 1.67 bits per heavy atom. The Kier molecular flexibility index (Phi) is 4.29. The summed E-state index contributed by atoms with van der Waals surface area (Å²) in [7, 11) is 0. The molecule has 0 aromatic carbocycles. The zero-order valence-electron chi connectivity index (χ0n) is 5.64. The van der Waals surface area contributed by atoms with E-state index in [1.807, 2.05) is 6.26 Å². The fourth-order valence-corrected chi connectivity index (χ4v) is 1.12. The monoisotopic (exact) mass is 138 g/mol. The zero-order valence-corrected chi connectivity index (χ0v) is 6.46. The van der Waals surface area contributed by atoms with Crippen LogP contribution in [-0.2, 0) is 4.74 Å². The summed E-state index contributed by atoms with van der Waals surface area (Å²) in [5.74, 6) is -0.127. The van der Waals surface area contributed by atoms with Gasteiger partial charge >= 0.3 is 18.9 Å². The molecule has 1 aliphatic heterocycles. The van der Waals surface area contributed by atoms with E-state index < -0.39 is 0 Å². The number of hydrogen-bond acceptors (Lipinski definition) is 3. The normalized spacial score (nSPS) is 17.0. The van der Waals surface area contributed by atoms with Crippen LogP contribution in [0.5, 0.6) is 0 Å². The van der Waals surface area contributed by atoms with E-state index in [1.54, 1.807) is 0 Å². The van der Waals surface area contributed by atoms with Gasteiger partial charge in [0.25, 0.3) is 0 Å². The van der Waals surface area contributed by atoms with Crippen molar-refractivity contribution in [1.82, 2.24) is 0 Å². The maximum Gasteiger partial charge on any atom is 1.00 e. The average Bonchev–Trinajstić information content (AvgIpc) is 2.14. The number of thioether (sulfide) groups is 1. The van der Waals surface area contributed by atoms with Gasteiger partial charge in [0.05, 0.1) is 5.95 Å². The summed E-state index contributed by atoms with van der Waals surface area (Å²) in [5.41, 5.74) is 0. The molecular formula is C5H7LiO2S. The Hall–Kier alpha value is 0.287. The van der Waals surface area contributed by atoms with Crippen molar-refractivity contribution in [2.45, 2.75) is 6.42 Å². The van der Waals surface area contributed by atoms with Gasteiger partial charge in [0.15, 0.2) is 0 Å². The van der Waals surface area contributed by atoms with Gasteiger partial charge in [0.1, 0.15) is 0 Å². The van der Waals surface area contributed by atoms with Crippen molar-refractivity contribution >= 4 is 11.8 Å². The fraction of sp³-hybridized carbons (Fsp3) is 0.600. The van der Waals surface area contributed by atoms with E-state index in [-0.39, 0.29) is 24.8 Å². The summed E-state index contributed by atoms with van der Waals surface area (Å²) in [6.07, 6.45) is 2.70. The van der Waals surface area contributed by atoms with E-state index in [9.17, 15) is 5.11 Å². The standard InChI is InChI=1S/C5H8O2S.Li/c1-8-4-2-3-7-5(4)6;/h6H,2-3H2,1H3;/q;+1/p-1. The van der Waals surface area contributed by atoms with Gasteiger partial charge in [-0.1, -0.05) is 0 Å². The maximum absolute atomic E-state index is 10.5. The number of hydrogen-bond donors (Lipinski definition) is 0. The fourth-order valence-electron chi connectivity index (χ4n) is 0.604. The van der Waals surface area contributed by atoms with Crippen molar-refractivity contribution in [2.24, 2.45) is 0 Å². The summed E-state index contributed by atoms with van der Waals surface area (Å²) < 4.78 is 4.66. The van der Waals surface area contributed by atoms with Crippen molar-refractivity contribution in [1.29, 1.82) is 0 Å². The van der Waals surface area contributed by atoms with Gasteiger partial charge in [-0.3, -0.25) is 0 Å². The van der Waals surface area contributed by atoms with Gasteiger partial charge in [0, 0.05) is 4.91 Å². The molecule has 2 nitrogen and oxygen atoms in total. The molecule has 1 heterocycles. The van der Waals surface area contributed by atoms with Crippen molar-refractivity contribution in [3.8, 4) is 0 Å². The third kappa shape index (κ3) is 2.17. The maximum atomic E-state index is 10.5. The predicted octanol–water partition coefficient (Wildman–Crippen LogP) is -2.70. The Bertz CT molecular complexity index is 124. The van der Waals surface area contributed by atoms with Crippen molar-refractivity contribution in [2.75, 3.05) is 12.9 Å². The topological polar surface area (TPSA) is 32.3 Å². The predicted molar refractivity (Wildman–Crippen MR) is 31.1 cm³/mol. The Labute approximate surface area is 70.8 Å². The van der Waals surface area contributed by atoms with Crippen LogP contribution in [-0.4, -0.2) is 12.9 Å². The van der Waals surface area contributed by atoms with E-state index in [1.165, 1.54) is 11.8 Å². The largest absolute Gasteiger partial charge is 1.00 e. The molecule has 0 aliphatic carbocycles. The van der Waals surface area contributed by atoms with E-state index in [2.05, 4.69) is 4.74 Å². The van der Waals surface area contributed by atoms with Gasteiger partial charge in [-0.05, 0) is 19.3 Å². The minimum atomic E-state index is -0.127. The van der Waals surface area contributed by atoms with E-state index >= 15 is 0 Å². The molecule has 1 aliphatic rings. The summed E-state index contributed by atoms with van der Waals surface area (Å²) in [6, 6.07) is 0. The summed E-state index contributed by atoms with van der Waals surface area (Å²) >= 11 is 1.48. The third-order valence-corrected chi connectivity index (χ3v) is 1.90. The molecule has 0 spiro atoms. The molecule has 0 saturated heterocycles. The molecule has 0 saturated carbocycles. The Morgan fingerprint density at radius 2 is 2.33 bits per heavy atom. The van der Waals surface area contributed by atoms with Gasteiger partial charge in [0.2, 0.25) is 0 Å². The molecule has 0 N–H and O–H groups in total. The van der Waals surface area contributed by atoms with Gasteiger partial charge in [-0.15, -0.1) is 11.8 Å². The van der Waals surface area contributed by atoms with Crippen molar-refractivity contribution in [3.63, 3.8) is 0 Å². The second-order valence-electron chi connectivity index (χ2n) is 1.51. The van der Waals surface area contributed by atoms with Crippen LogP contribution in [0.2, 0.25) is 0 Å². The second kappa shape index (κ2) is 4.16. The molecule has 46 valence electrons. The van der Waals surface area contributed by atoms with Crippen molar-refractivity contribution in [3.05, 3.63) is 10.9 Å². The quantitative estimate of drug-likeness (QED) is 0.370. The van der Waals surface area contributed by atoms with Crippen LogP contribution in [0.3, 0.4) is 0 Å². The molecule has 0 atom stereocenters. The summed E-state index contributed by atoms with van der Waals surface area (Å²) in [4.78, 5) is 0.852. The first kappa shape index (κ1) is 9.29. The number of ether oxygens (including phenoxy) is 1. The van der Waals surface area contributed by atoms with Crippen LogP contribution >= 0.6 is 11.8 Å². The molecule has 0 unspecified atom stereocenters. The van der Waals surface area contributed by atoms with Gasteiger partial charge < -0.3 is 9.84 Å². The third-order valence-electron chi connectivity index (χ3n) is 1.04. The molecule has 0 aromatic rings. The van der Waals surface area contributed by atoms with Crippen LogP contribution in [0.15, 0.2) is 10.9 Å². The van der Waals surface area contributed by atoms with Crippen LogP contribution in [0.1, 0.15) is 6.42 Å². The molecule has 1 rings (SSSR count). The molecular weight excluding hydrogens is 131 g/mol. The molecule has 0 fully saturated rings. The number of rotatable bonds is 1. The average molecular weight is 138 g/mol. The molecule has 0 radical (unpaired) electrons. The SMILES string of the molecule is CSC1=C([O-])OCC1.[Li+]. The molecule has 4 heteroatoms. The van der Waals surface area contributed by atoms with Crippen LogP contribution < -0.4 is 24.0 Å². The smallest absolute Gasteiger partial charge is 0.612 e. The first-order valence-electron chi connectivity index (χ1n) is 2.41. The molecule has 0 amide bonds. The Morgan fingerprint density at radius 3 is 2.56 bits per heavy atom. The van der Waals surface area contributed by atoms with Crippen LogP contribution in [0.25, 0.3) is 0 Å². The van der Waals surface area contributed by atoms with E-state index in [0.717, 1.165) is 11.3 Å². The zero-order chi connectivity index (χ0) is 5.98. The van der Waals surface area contributed by atoms with E-state index in [0.29, 0.717) is 6.61 Å². The van der Waals surface area contributed by atoms with Gasteiger partial charge in [-0.25, -0.2) is 0 Å². The Balaban J connectivity index is 0.000000640. The minimum Gasteiger partial charge on any atom is -0.612 e. The van der Waals surface area contributed by atoms with E-state index in [4.69, 9.17) is 0 Å². The molecule has 0 bridgehead atoms. The second-order valence-corrected chi connectivity index (χ2v) is 2.41. The summed E-state index contributed by atoms with van der Waals surface area (Å²) in [6.45, 7) is 0.578. The van der Waals surface area contributed by atoms with Crippen molar-refractivity contribution < 1.29 is 28.7 Å². The minimum absolute atomic E-state index is 0. The van der Waals surface area contributed by atoms with Crippen LogP contribution in [0, 0.1) is 0 Å². The van der Waals surface area contributed by atoms with Crippen LogP contribution in [0.4, 0.5) is 0 Å². The summed E-state index contributed by atoms with van der Waals surface area (Å²) in [5, 5.41) is 10.5. The molecule has 9 heavy (non-hydrogen) atoms. The van der Waals surface area contributed by atoms with Gasteiger partial charge in [-0.2, -0.15) is 0 Å². The first-order chi connectivity index (χ1) is 3.84. The first-order valence-corrected chi connectivity index (χ1v) is 3.64.